The molecule has 1 heterocycles. The quantitative estimate of drug-likeness (QED) is 0.860. The summed E-state index contributed by atoms with van der Waals surface area (Å²) >= 11 is 0. The summed E-state index contributed by atoms with van der Waals surface area (Å²) in [5.41, 5.74) is 1.64. The van der Waals surface area contributed by atoms with Crippen molar-refractivity contribution in [3.63, 3.8) is 0 Å². The van der Waals surface area contributed by atoms with E-state index in [1.165, 1.54) is 5.56 Å². The number of aromatic nitrogens is 1. The van der Waals surface area contributed by atoms with Crippen molar-refractivity contribution in [3.8, 4) is 0 Å². The molecule has 0 bridgehead atoms. The van der Waals surface area contributed by atoms with Gasteiger partial charge in [0.15, 0.2) is 0 Å². The minimum absolute atomic E-state index is 0.145. The Hall–Kier alpha value is -2.36. The number of benzene rings is 1. The van der Waals surface area contributed by atoms with Gasteiger partial charge in [-0.05, 0) is 24.1 Å². The van der Waals surface area contributed by atoms with Crippen LogP contribution in [0.3, 0.4) is 0 Å². The van der Waals surface area contributed by atoms with Gasteiger partial charge in [-0.25, -0.2) is 4.98 Å². The third-order valence-electron chi connectivity index (χ3n) is 2.78. The minimum Gasteiger partial charge on any atom is -0.373 e. The smallest absolute Gasteiger partial charge is 0.269 e. The molecule has 1 amide bonds. The average Bonchev–Trinajstić information content (AvgIpc) is 2.48. The molecule has 0 atom stereocenters. The Morgan fingerprint density at radius 2 is 1.89 bits per heavy atom. The summed E-state index contributed by atoms with van der Waals surface area (Å²) in [5, 5.41) is 5.78. The topological polar surface area (TPSA) is 54.0 Å². The molecule has 0 radical (unpaired) electrons. The predicted molar refractivity (Wildman–Crippen MR) is 76.3 cm³/mol. The number of rotatable bonds is 5. The molecule has 0 saturated heterocycles. The second kappa shape index (κ2) is 6.54. The van der Waals surface area contributed by atoms with Crippen LogP contribution >= 0.6 is 0 Å². The number of hydrogen-bond donors (Lipinski definition) is 2. The molecule has 1 aromatic carbocycles. The molecule has 0 spiro atoms. The third kappa shape index (κ3) is 3.81. The number of nitrogens with zero attached hydrogens (tertiary/aromatic N) is 1. The first-order chi connectivity index (χ1) is 9.29. The van der Waals surface area contributed by atoms with Crippen molar-refractivity contribution in [2.75, 3.05) is 18.9 Å². The van der Waals surface area contributed by atoms with Gasteiger partial charge in [-0.1, -0.05) is 36.4 Å². The molecule has 2 rings (SSSR count). The maximum absolute atomic E-state index is 11.9. The number of hydrogen-bond acceptors (Lipinski definition) is 3. The number of anilines is 1. The lowest BCUT2D eigenvalue weighted by molar-refractivity contribution is 0.0949. The van der Waals surface area contributed by atoms with Crippen LogP contribution in [-0.4, -0.2) is 24.5 Å². The van der Waals surface area contributed by atoms with Gasteiger partial charge in [-0.2, -0.15) is 0 Å². The van der Waals surface area contributed by atoms with E-state index in [2.05, 4.69) is 15.6 Å². The first-order valence-electron chi connectivity index (χ1n) is 6.26. The molecule has 4 heteroatoms. The monoisotopic (exact) mass is 255 g/mol. The fraction of sp³-hybridized carbons (Fsp3) is 0.200. The summed E-state index contributed by atoms with van der Waals surface area (Å²) in [6, 6.07) is 15.4. The van der Waals surface area contributed by atoms with Crippen molar-refractivity contribution in [3.05, 3.63) is 59.8 Å². The zero-order valence-electron chi connectivity index (χ0n) is 10.9. The molecule has 98 valence electrons. The second-order valence-electron chi connectivity index (χ2n) is 4.15. The van der Waals surface area contributed by atoms with Crippen LogP contribution < -0.4 is 10.6 Å². The van der Waals surface area contributed by atoms with Crippen LogP contribution in [0.25, 0.3) is 0 Å². The first kappa shape index (κ1) is 13.1. The Kier molecular flexibility index (Phi) is 4.50. The first-order valence-corrected chi connectivity index (χ1v) is 6.26. The molecule has 0 aliphatic heterocycles. The van der Waals surface area contributed by atoms with Gasteiger partial charge >= 0.3 is 0 Å². The highest BCUT2D eigenvalue weighted by atomic mass is 16.1. The molecular weight excluding hydrogens is 238 g/mol. The van der Waals surface area contributed by atoms with Gasteiger partial charge in [0.1, 0.15) is 11.5 Å². The lowest BCUT2D eigenvalue weighted by atomic mass is 10.1. The highest BCUT2D eigenvalue weighted by molar-refractivity contribution is 5.92. The number of amides is 1. The zero-order valence-corrected chi connectivity index (χ0v) is 10.9. The second-order valence-corrected chi connectivity index (χ2v) is 4.15. The molecule has 2 N–H and O–H groups in total. The van der Waals surface area contributed by atoms with Gasteiger partial charge in [-0.3, -0.25) is 4.79 Å². The van der Waals surface area contributed by atoms with Crippen LogP contribution in [0, 0.1) is 0 Å². The van der Waals surface area contributed by atoms with Gasteiger partial charge in [-0.15, -0.1) is 0 Å². The number of carbonyl (C=O) groups is 1. The lowest BCUT2D eigenvalue weighted by Gasteiger charge is -2.06. The summed E-state index contributed by atoms with van der Waals surface area (Å²) < 4.78 is 0. The molecule has 0 saturated carbocycles. The normalized spacial score (nSPS) is 9.95. The van der Waals surface area contributed by atoms with Crippen molar-refractivity contribution in [1.29, 1.82) is 0 Å². The minimum atomic E-state index is -0.145. The predicted octanol–water partition coefficient (Wildman–Crippen LogP) is 2.10. The Balaban J connectivity index is 1.87. The van der Waals surface area contributed by atoms with Crippen LogP contribution in [0.5, 0.6) is 0 Å². The molecule has 2 aromatic rings. The molecule has 19 heavy (non-hydrogen) atoms. The highest BCUT2D eigenvalue weighted by Crippen LogP contribution is 2.04. The van der Waals surface area contributed by atoms with E-state index in [1.54, 1.807) is 13.1 Å². The summed E-state index contributed by atoms with van der Waals surface area (Å²) in [5.74, 6) is 0.545. The van der Waals surface area contributed by atoms with E-state index in [4.69, 9.17) is 0 Å². The van der Waals surface area contributed by atoms with E-state index in [0.717, 1.165) is 6.42 Å². The largest absolute Gasteiger partial charge is 0.373 e. The molecule has 0 aliphatic rings. The van der Waals surface area contributed by atoms with Crippen LogP contribution in [0.4, 0.5) is 5.82 Å². The fourth-order valence-electron chi connectivity index (χ4n) is 1.76. The summed E-state index contributed by atoms with van der Waals surface area (Å²) in [6.45, 7) is 0.605. The van der Waals surface area contributed by atoms with Crippen molar-refractivity contribution in [2.24, 2.45) is 0 Å². The highest BCUT2D eigenvalue weighted by Gasteiger charge is 2.06. The van der Waals surface area contributed by atoms with E-state index in [1.807, 2.05) is 42.5 Å². The van der Waals surface area contributed by atoms with Crippen LogP contribution in [0.2, 0.25) is 0 Å². The van der Waals surface area contributed by atoms with E-state index >= 15 is 0 Å². The van der Waals surface area contributed by atoms with E-state index in [9.17, 15) is 4.79 Å². The number of nitrogens with one attached hydrogen (secondary N) is 2. The summed E-state index contributed by atoms with van der Waals surface area (Å²) in [4.78, 5) is 16.1. The Morgan fingerprint density at radius 1 is 1.11 bits per heavy atom. The zero-order chi connectivity index (χ0) is 13.5. The molecule has 4 nitrogen and oxygen atoms in total. The molecule has 1 aromatic heterocycles. The van der Waals surface area contributed by atoms with Crippen LogP contribution in [0.15, 0.2) is 48.5 Å². The van der Waals surface area contributed by atoms with Crippen molar-refractivity contribution in [2.45, 2.75) is 6.42 Å². The molecule has 0 unspecified atom stereocenters. The molecule has 0 fully saturated rings. The third-order valence-corrected chi connectivity index (χ3v) is 2.78. The maximum Gasteiger partial charge on any atom is 0.269 e. The Labute approximate surface area is 112 Å². The number of carbonyl (C=O) groups excluding carboxylic acids is 1. The summed E-state index contributed by atoms with van der Waals surface area (Å²) in [6.07, 6.45) is 0.818. The van der Waals surface area contributed by atoms with Crippen LogP contribution in [0.1, 0.15) is 16.1 Å². The van der Waals surface area contributed by atoms with Crippen molar-refractivity contribution in [1.82, 2.24) is 10.3 Å². The lowest BCUT2D eigenvalue weighted by Crippen LogP contribution is -2.26. The van der Waals surface area contributed by atoms with E-state index in [0.29, 0.717) is 18.1 Å². The Bertz CT molecular complexity index is 540. The van der Waals surface area contributed by atoms with Gasteiger partial charge < -0.3 is 10.6 Å². The van der Waals surface area contributed by atoms with Crippen molar-refractivity contribution >= 4 is 11.7 Å². The average molecular weight is 255 g/mol. The summed E-state index contributed by atoms with van der Waals surface area (Å²) in [7, 11) is 1.78. The SMILES string of the molecule is CNc1cccc(C(=O)NCCc2ccccc2)n1. The molecular formula is C15H17N3O. The Morgan fingerprint density at radius 3 is 2.63 bits per heavy atom. The van der Waals surface area contributed by atoms with Crippen molar-refractivity contribution < 1.29 is 4.79 Å². The van der Waals surface area contributed by atoms with E-state index < -0.39 is 0 Å². The van der Waals surface area contributed by atoms with Gasteiger partial charge in [0.25, 0.3) is 5.91 Å². The van der Waals surface area contributed by atoms with Gasteiger partial charge in [0.2, 0.25) is 0 Å². The van der Waals surface area contributed by atoms with Gasteiger partial charge in [0.05, 0.1) is 0 Å². The van der Waals surface area contributed by atoms with Crippen LogP contribution in [-0.2, 0) is 6.42 Å². The maximum atomic E-state index is 11.9. The fourth-order valence-corrected chi connectivity index (χ4v) is 1.76. The number of pyridine rings is 1. The molecule has 0 aliphatic carbocycles. The van der Waals surface area contributed by atoms with Gasteiger partial charge in [0, 0.05) is 13.6 Å². The van der Waals surface area contributed by atoms with E-state index in [-0.39, 0.29) is 5.91 Å². The standard InChI is InChI=1S/C15H17N3O/c1-16-14-9-5-8-13(18-14)15(19)17-11-10-12-6-3-2-4-7-12/h2-9H,10-11H2,1H3,(H,16,18)(H,17,19).